The van der Waals surface area contributed by atoms with E-state index in [2.05, 4.69) is 11.8 Å². The van der Waals surface area contributed by atoms with Gasteiger partial charge in [-0.15, -0.1) is 24.0 Å². The second kappa shape index (κ2) is 6.10. The molecular formula is C8H17Cl2N. The molecule has 0 aliphatic carbocycles. The van der Waals surface area contributed by atoms with E-state index in [0.717, 1.165) is 18.3 Å². The molecule has 1 aliphatic heterocycles. The maximum atomic E-state index is 5.60. The molecular weight excluding hydrogens is 181 g/mol. The van der Waals surface area contributed by atoms with E-state index in [4.69, 9.17) is 11.6 Å². The second-order valence-corrected chi connectivity index (χ2v) is 3.45. The lowest BCUT2D eigenvalue weighted by Crippen LogP contribution is -2.27. The zero-order chi connectivity index (χ0) is 7.40. The van der Waals surface area contributed by atoms with Crippen molar-refractivity contribution in [2.24, 2.45) is 0 Å². The fourth-order valence-electron chi connectivity index (χ4n) is 1.59. The van der Waals surface area contributed by atoms with Gasteiger partial charge in [-0.1, -0.05) is 0 Å². The summed E-state index contributed by atoms with van der Waals surface area (Å²) >= 11 is 5.60. The van der Waals surface area contributed by atoms with Gasteiger partial charge in [-0.05, 0) is 39.3 Å². The first-order chi connectivity index (χ1) is 4.84. The largest absolute Gasteiger partial charge is 0.301 e. The maximum absolute atomic E-state index is 5.60. The van der Waals surface area contributed by atoms with Crippen LogP contribution in [0.4, 0.5) is 0 Å². The first kappa shape index (κ1) is 11.5. The molecule has 0 N–H and O–H groups in total. The smallest absolute Gasteiger partial charge is 0.0235 e. The summed E-state index contributed by atoms with van der Waals surface area (Å²) in [6.45, 7) is 4.80. The zero-order valence-electron chi connectivity index (χ0n) is 7.05. The maximum Gasteiger partial charge on any atom is 0.0235 e. The van der Waals surface area contributed by atoms with Gasteiger partial charge in [0, 0.05) is 11.9 Å². The first-order valence-corrected chi connectivity index (χ1v) is 4.68. The van der Waals surface area contributed by atoms with Crippen molar-refractivity contribution in [3.63, 3.8) is 0 Å². The van der Waals surface area contributed by atoms with E-state index in [1.165, 1.54) is 25.9 Å². The Morgan fingerprint density at radius 1 is 1.55 bits per heavy atom. The van der Waals surface area contributed by atoms with Crippen molar-refractivity contribution in [1.82, 2.24) is 4.90 Å². The van der Waals surface area contributed by atoms with E-state index in [0.29, 0.717) is 0 Å². The molecule has 0 saturated carbocycles. The number of rotatable bonds is 3. The molecule has 0 aromatic heterocycles. The third kappa shape index (κ3) is 3.64. The predicted octanol–water partition coefficient (Wildman–Crippen LogP) is 2.52. The Bertz CT molecular complexity index is 98.1. The number of hydrogen-bond donors (Lipinski definition) is 0. The minimum Gasteiger partial charge on any atom is -0.301 e. The van der Waals surface area contributed by atoms with Gasteiger partial charge in [0.05, 0.1) is 0 Å². The van der Waals surface area contributed by atoms with Gasteiger partial charge in [-0.25, -0.2) is 0 Å². The molecule has 1 unspecified atom stereocenters. The van der Waals surface area contributed by atoms with E-state index in [9.17, 15) is 0 Å². The Morgan fingerprint density at radius 2 is 2.27 bits per heavy atom. The standard InChI is InChI=1S/C8H16ClN.ClH/c1-8-4-2-6-10(8)7-3-5-9;/h8H,2-7H2,1H3;1H. The fourth-order valence-corrected chi connectivity index (χ4v) is 1.71. The number of likely N-dealkylation sites (tertiary alicyclic amines) is 1. The molecule has 11 heavy (non-hydrogen) atoms. The molecule has 1 atom stereocenters. The van der Waals surface area contributed by atoms with Crippen molar-refractivity contribution < 1.29 is 0 Å². The van der Waals surface area contributed by atoms with Crippen LogP contribution in [0.5, 0.6) is 0 Å². The Kier molecular flexibility index (Phi) is 6.40. The molecule has 68 valence electrons. The van der Waals surface area contributed by atoms with Crippen LogP contribution in [-0.2, 0) is 0 Å². The summed E-state index contributed by atoms with van der Waals surface area (Å²) < 4.78 is 0. The summed E-state index contributed by atoms with van der Waals surface area (Å²) in [6, 6.07) is 0.809. The van der Waals surface area contributed by atoms with Crippen molar-refractivity contribution in [3.8, 4) is 0 Å². The molecule has 3 heteroatoms. The molecule has 0 radical (unpaired) electrons. The SMILES string of the molecule is CC1CCCN1CCCCl.Cl. The molecule has 0 aromatic rings. The molecule has 1 heterocycles. The molecule has 1 fully saturated rings. The minimum absolute atomic E-state index is 0. The third-order valence-corrected chi connectivity index (χ3v) is 2.54. The monoisotopic (exact) mass is 197 g/mol. The van der Waals surface area contributed by atoms with Crippen LogP contribution < -0.4 is 0 Å². The van der Waals surface area contributed by atoms with E-state index < -0.39 is 0 Å². The summed E-state index contributed by atoms with van der Waals surface area (Å²) in [7, 11) is 0. The lowest BCUT2D eigenvalue weighted by Gasteiger charge is -2.19. The van der Waals surface area contributed by atoms with E-state index in [1.807, 2.05) is 0 Å². The number of halogens is 2. The molecule has 1 nitrogen and oxygen atoms in total. The summed E-state index contributed by atoms with van der Waals surface area (Å²) in [4.78, 5) is 2.53. The molecule has 0 aromatic carbocycles. The van der Waals surface area contributed by atoms with Crippen LogP contribution in [-0.4, -0.2) is 29.9 Å². The van der Waals surface area contributed by atoms with Gasteiger partial charge >= 0.3 is 0 Å². The van der Waals surface area contributed by atoms with Gasteiger partial charge in [0.1, 0.15) is 0 Å². The Labute approximate surface area is 80.5 Å². The van der Waals surface area contributed by atoms with Gasteiger partial charge in [0.25, 0.3) is 0 Å². The van der Waals surface area contributed by atoms with Gasteiger partial charge in [0.2, 0.25) is 0 Å². The Morgan fingerprint density at radius 3 is 2.73 bits per heavy atom. The molecule has 0 spiro atoms. The van der Waals surface area contributed by atoms with Gasteiger partial charge < -0.3 is 4.90 Å². The number of nitrogens with zero attached hydrogens (tertiary/aromatic N) is 1. The summed E-state index contributed by atoms with van der Waals surface area (Å²) in [5.74, 6) is 0.809. The van der Waals surface area contributed by atoms with Gasteiger partial charge in [0.15, 0.2) is 0 Å². The van der Waals surface area contributed by atoms with Gasteiger partial charge in [-0.2, -0.15) is 0 Å². The van der Waals surface area contributed by atoms with Crippen molar-refractivity contribution in [1.29, 1.82) is 0 Å². The van der Waals surface area contributed by atoms with Crippen LogP contribution in [0.3, 0.4) is 0 Å². The number of alkyl halides is 1. The predicted molar refractivity (Wildman–Crippen MR) is 52.9 cm³/mol. The molecule has 1 aliphatic rings. The van der Waals surface area contributed by atoms with E-state index >= 15 is 0 Å². The van der Waals surface area contributed by atoms with Gasteiger partial charge in [-0.3, -0.25) is 0 Å². The lowest BCUT2D eigenvalue weighted by molar-refractivity contribution is 0.270. The first-order valence-electron chi connectivity index (χ1n) is 4.14. The van der Waals surface area contributed by atoms with E-state index in [-0.39, 0.29) is 12.4 Å². The van der Waals surface area contributed by atoms with Crippen LogP contribution >= 0.6 is 24.0 Å². The molecule has 1 saturated heterocycles. The van der Waals surface area contributed by atoms with Crippen LogP contribution in [0.25, 0.3) is 0 Å². The average molecular weight is 198 g/mol. The normalized spacial score (nSPS) is 25.1. The molecule has 1 rings (SSSR count). The van der Waals surface area contributed by atoms with Crippen molar-refractivity contribution >= 4 is 24.0 Å². The van der Waals surface area contributed by atoms with Crippen molar-refractivity contribution in [3.05, 3.63) is 0 Å². The minimum atomic E-state index is 0. The van der Waals surface area contributed by atoms with Crippen molar-refractivity contribution in [2.75, 3.05) is 19.0 Å². The Hall–Kier alpha value is 0.540. The summed E-state index contributed by atoms with van der Waals surface area (Å²) in [6.07, 6.45) is 3.90. The highest BCUT2D eigenvalue weighted by molar-refractivity contribution is 6.17. The summed E-state index contributed by atoms with van der Waals surface area (Å²) in [5.41, 5.74) is 0. The highest BCUT2D eigenvalue weighted by atomic mass is 35.5. The van der Waals surface area contributed by atoms with Crippen LogP contribution in [0, 0.1) is 0 Å². The van der Waals surface area contributed by atoms with E-state index in [1.54, 1.807) is 0 Å². The highest BCUT2D eigenvalue weighted by Gasteiger charge is 2.18. The summed E-state index contributed by atoms with van der Waals surface area (Å²) in [5, 5.41) is 0. The van der Waals surface area contributed by atoms with Crippen LogP contribution in [0.2, 0.25) is 0 Å². The average Bonchev–Trinajstić information content (AvgIpc) is 2.31. The highest BCUT2D eigenvalue weighted by Crippen LogP contribution is 2.15. The fraction of sp³-hybridized carbons (Fsp3) is 1.00. The zero-order valence-corrected chi connectivity index (χ0v) is 8.63. The second-order valence-electron chi connectivity index (χ2n) is 3.07. The molecule has 0 amide bonds. The van der Waals surface area contributed by atoms with Crippen LogP contribution in [0.15, 0.2) is 0 Å². The van der Waals surface area contributed by atoms with Crippen LogP contribution in [0.1, 0.15) is 26.2 Å². The van der Waals surface area contributed by atoms with Crippen molar-refractivity contribution in [2.45, 2.75) is 32.2 Å². The lowest BCUT2D eigenvalue weighted by atomic mass is 10.2. The topological polar surface area (TPSA) is 3.24 Å². The number of hydrogen-bond acceptors (Lipinski definition) is 1. The Balaban J connectivity index is 0.000001000. The quantitative estimate of drug-likeness (QED) is 0.630. The third-order valence-electron chi connectivity index (χ3n) is 2.27. The molecule has 0 bridgehead atoms.